The standard InChI is InChI=1S/C28H29F3N8O4/c1-4-42-18-11-15(24(40)34-20-12-19(28(29,30)31)37(3)36-20)5-6-17(18)21-22-23(32)33-9-10-38(22)25(35-21)27(2)8-7-16-13-43-26(41)39(16)14-27/h5-6,9-12,16H,4,7-8,13-14H2,1-3H3,(H2,32,33)(H,34,36,40)/t16-,27+/m0/s1. The number of nitrogens with two attached hydrogens (primary N) is 1. The van der Waals surface area contributed by atoms with Crippen molar-refractivity contribution in [2.45, 2.75) is 44.3 Å². The molecule has 12 nitrogen and oxygen atoms in total. The number of aryl methyl sites for hydroxylation is 1. The number of benzene rings is 1. The van der Waals surface area contributed by atoms with E-state index in [4.69, 9.17) is 20.2 Å². The smallest absolute Gasteiger partial charge is 0.433 e. The average Bonchev–Trinajstić information content (AvgIpc) is 3.64. The molecule has 0 saturated carbocycles. The lowest BCUT2D eigenvalue weighted by molar-refractivity contribution is -0.143. The molecule has 4 aromatic rings. The van der Waals surface area contributed by atoms with Crippen LogP contribution in [0.5, 0.6) is 5.75 Å². The Kier molecular flexibility index (Phi) is 6.69. The number of hydrogen-bond donors (Lipinski definition) is 2. The number of carbonyl (C=O) groups excluding carboxylic acids is 2. The quantitative estimate of drug-likeness (QED) is 0.336. The fourth-order valence-corrected chi connectivity index (χ4v) is 5.84. The van der Waals surface area contributed by atoms with Crippen molar-refractivity contribution in [1.82, 2.24) is 29.0 Å². The zero-order valence-corrected chi connectivity index (χ0v) is 23.6. The first kappa shape index (κ1) is 28.3. The number of amides is 2. The highest BCUT2D eigenvalue weighted by Crippen LogP contribution is 2.42. The first-order valence-corrected chi connectivity index (χ1v) is 13.7. The molecule has 2 atom stereocenters. The van der Waals surface area contributed by atoms with Crippen molar-refractivity contribution in [1.29, 1.82) is 0 Å². The number of carbonyl (C=O) groups is 2. The summed E-state index contributed by atoms with van der Waals surface area (Å²) in [4.78, 5) is 36.5. The summed E-state index contributed by atoms with van der Waals surface area (Å²) in [7, 11) is 1.15. The molecule has 0 radical (unpaired) electrons. The van der Waals surface area contributed by atoms with E-state index in [1.807, 2.05) is 11.3 Å². The van der Waals surface area contributed by atoms with Crippen molar-refractivity contribution in [2.24, 2.45) is 7.05 Å². The fourth-order valence-electron chi connectivity index (χ4n) is 5.84. The lowest BCUT2D eigenvalue weighted by Crippen LogP contribution is -2.49. The van der Waals surface area contributed by atoms with Crippen molar-refractivity contribution < 1.29 is 32.2 Å². The highest BCUT2D eigenvalue weighted by atomic mass is 19.4. The number of anilines is 2. The molecular formula is C28H29F3N8O4. The molecule has 15 heteroatoms. The minimum absolute atomic E-state index is 0.0346. The summed E-state index contributed by atoms with van der Waals surface area (Å²) in [6, 6.07) is 5.46. The molecule has 1 aromatic carbocycles. The fraction of sp³-hybridized carbons (Fsp3) is 0.393. The van der Waals surface area contributed by atoms with E-state index < -0.39 is 23.2 Å². The third kappa shape index (κ3) is 4.87. The van der Waals surface area contributed by atoms with Gasteiger partial charge in [0.2, 0.25) is 0 Å². The molecule has 3 aromatic heterocycles. The monoisotopic (exact) mass is 598 g/mol. The van der Waals surface area contributed by atoms with Crippen molar-refractivity contribution in [3.8, 4) is 17.0 Å². The summed E-state index contributed by atoms with van der Waals surface area (Å²) >= 11 is 0. The second kappa shape index (κ2) is 10.2. The van der Waals surface area contributed by atoms with Crippen LogP contribution in [0, 0.1) is 0 Å². The van der Waals surface area contributed by atoms with Gasteiger partial charge in [0.05, 0.1) is 12.6 Å². The van der Waals surface area contributed by atoms with Gasteiger partial charge in [-0.3, -0.25) is 13.9 Å². The van der Waals surface area contributed by atoms with Crippen LogP contribution >= 0.6 is 0 Å². The van der Waals surface area contributed by atoms with Crippen molar-refractivity contribution in [2.75, 3.05) is 30.8 Å². The maximum Gasteiger partial charge on any atom is 0.433 e. The van der Waals surface area contributed by atoms with Crippen LogP contribution in [0.1, 0.15) is 48.6 Å². The van der Waals surface area contributed by atoms with E-state index in [2.05, 4.69) is 15.4 Å². The van der Waals surface area contributed by atoms with E-state index in [0.29, 0.717) is 46.2 Å². The number of nitrogen functional groups attached to an aromatic ring is 1. The predicted molar refractivity (Wildman–Crippen MR) is 149 cm³/mol. The SMILES string of the molecule is CCOc1cc(C(=O)Nc2cc(C(F)(F)F)n(C)n2)ccc1-c1nc([C@]2(C)CC[C@H]3COC(=O)N3C2)n2ccnc(N)c12. The second-order valence-electron chi connectivity index (χ2n) is 10.9. The molecule has 2 aliphatic rings. The third-order valence-electron chi connectivity index (χ3n) is 7.96. The Labute approximate surface area is 243 Å². The number of imidazole rings is 1. The number of nitrogens with zero attached hydrogens (tertiary/aromatic N) is 6. The Morgan fingerprint density at radius 1 is 1.30 bits per heavy atom. The number of rotatable bonds is 6. The molecule has 2 saturated heterocycles. The van der Waals surface area contributed by atoms with Gasteiger partial charge in [-0.2, -0.15) is 18.3 Å². The van der Waals surface area contributed by atoms with Gasteiger partial charge in [-0.25, -0.2) is 14.8 Å². The number of ether oxygens (including phenoxy) is 2. The van der Waals surface area contributed by atoms with E-state index in [-0.39, 0.29) is 35.9 Å². The molecule has 3 N–H and O–H groups in total. The third-order valence-corrected chi connectivity index (χ3v) is 7.96. The largest absolute Gasteiger partial charge is 0.493 e. The molecule has 43 heavy (non-hydrogen) atoms. The Morgan fingerprint density at radius 2 is 2.09 bits per heavy atom. The normalized spacial score (nSPS) is 20.3. The van der Waals surface area contributed by atoms with E-state index in [9.17, 15) is 22.8 Å². The van der Waals surface area contributed by atoms with Gasteiger partial charge >= 0.3 is 12.3 Å². The van der Waals surface area contributed by atoms with Gasteiger partial charge in [0.15, 0.2) is 5.82 Å². The second-order valence-corrected chi connectivity index (χ2v) is 10.9. The number of halogens is 3. The predicted octanol–water partition coefficient (Wildman–Crippen LogP) is 4.25. The summed E-state index contributed by atoms with van der Waals surface area (Å²) in [6.07, 6.45) is -0.109. The highest BCUT2D eigenvalue weighted by molar-refractivity contribution is 6.04. The van der Waals surface area contributed by atoms with E-state index in [0.717, 1.165) is 26.0 Å². The van der Waals surface area contributed by atoms with Gasteiger partial charge < -0.3 is 25.4 Å². The molecular weight excluding hydrogens is 569 g/mol. The van der Waals surface area contributed by atoms with Gasteiger partial charge in [0, 0.05) is 48.6 Å². The molecule has 2 aliphatic heterocycles. The van der Waals surface area contributed by atoms with Crippen molar-refractivity contribution in [3.63, 3.8) is 0 Å². The molecule has 2 fully saturated rings. The van der Waals surface area contributed by atoms with E-state index >= 15 is 0 Å². The number of hydrogen-bond acceptors (Lipinski definition) is 8. The number of cyclic esters (lactones) is 1. The zero-order chi connectivity index (χ0) is 30.7. The Hall–Kier alpha value is -4.82. The summed E-state index contributed by atoms with van der Waals surface area (Å²) in [5.41, 5.74) is 6.54. The summed E-state index contributed by atoms with van der Waals surface area (Å²) in [6.45, 7) is 4.88. The van der Waals surface area contributed by atoms with Gasteiger partial charge in [0.1, 0.15) is 40.9 Å². The molecule has 0 aliphatic carbocycles. The van der Waals surface area contributed by atoms with Crippen LogP contribution in [0.4, 0.5) is 29.6 Å². The number of nitrogens with one attached hydrogen (secondary N) is 1. The molecule has 0 spiro atoms. The number of piperidine rings is 1. The maximum atomic E-state index is 13.2. The first-order valence-electron chi connectivity index (χ1n) is 13.7. The van der Waals surface area contributed by atoms with Crippen LogP contribution in [-0.4, -0.2) is 66.8 Å². The van der Waals surface area contributed by atoms with Gasteiger partial charge in [-0.15, -0.1) is 0 Å². The minimum atomic E-state index is -4.62. The summed E-state index contributed by atoms with van der Waals surface area (Å²) in [5, 5.41) is 6.17. The topological polar surface area (TPSA) is 142 Å². The summed E-state index contributed by atoms with van der Waals surface area (Å²) < 4.78 is 53.3. The maximum absolute atomic E-state index is 13.2. The molecule has 2 amide bonds. The van der Waals surface area contributed by atoms with E-state index in [1.54, 1.807) is 30.3 Å². The summed E-state index contributed by atoms with van der Waals surface area (Å²) in [5.74, 6) is 0.325. The van der Waals surface area contributed by atoms with Gasteiger partial charge in [-0.1, -0.05) is 6.92 Å². The van der Waals surface area contributed by atoms with Gasteiger partial charge in [0.25, 0.3) is 5.91 Å². The molecule has 226 valence electrons. The minimum Gasteiger partial charge on any atom is -0.493 e. The average molecular weight is 599 g/mol. The van der Waals surface area contributed by atoms with Crippen LogP contribution in [-0.2, 0) is 23.4 Å². The van der Waals surface area contributed by atoms with Crippen LogP contribution in [0.25, 0.3) is 16.8 Å². The van der Waals surface area contributed by atoms with Crippen LogP contribution in [0.2, 0.25) is 0 Å². The number of alkyl halides is 3. The lowest BCUT2D eigenvalue weighted by atomic mass is 9.79. The Morgan fingerprint density at radius 3 is 2.81 bits per heavy atom. The molecule has 5 heterocycles. The zero-order valence-electron chi connectivity index (χ0n) is 23.6. The van der Waals surface area contributed by atoms with Crippen LogP contribution < -0.4 is 15.8 Å². The Bertz CT molecular complexity index is 1750. The van der Waals surface area contributed by atoms with Crippen LogP contribution in [0.15, 0.2) is 36.7 Å². The van der Waals surface area contributed by atoms with Crippen molar-refractivity contribution >= 4 is 29.2 Å². The molecule has 0 bridgehead atoms. The Balaban J connectivity index is 1.38. The lowest BCUT2D eigenvalue weighted by Gasteiger charge is -2.39. The van der Waals surface area contributed by atoms with E-state index in [1.165, 1.54) is 12.1 Å². The van der Waals surface area contributed by atoms with Crippen LogP contribution in [0.3, 0.4) is 0 Å². The van der Waals surface area contributed by atoms with Crippen molar-refractivity contribution in [3.05, 3.63) is 53.7 Å². The number of fused-ring (bicyclic) bond motifs is 2. The number of aromatic nitrogens is 5. The molecule has 6 rings (SSSR count). The first-order chi connectivity index (χ1) is 20.4. The van der Waals surface area contributed by atoms with Gasteiger partial charge in [-0.05, 0) is 38.0 Å². The molecule has 0 unspecified atom stereocenters. The highest BCUT2D eigenvalue weighted by Gasteiger charge is 2.46.